The molecule has 0 aliphatic carbocycles. The molecule has 17 heavy (non-hydrogen) atoms. The molecule has 0 radical (unpaired) electrons. The standard InChI is InChI=1S/C11H13ClN4S/c1-8-10(17-7-14-8)6-16(2)11-5-13-4-9(3-12)15-11/h4-5,7H,3,6H2,1-2H3. The maximum absolute atomic E-state index is 5.74. The van der Waals surface area contributed by atoms with Gasteiger partial charge < -0.3 is 4.90 Å². The highest BCUT2D eigenvalue weighted by Gasteiger charge is 2.08. The number of thiazole rings is 1. The minimum absolute atomic E-state index is 0.383. The van der Waals surface area contributed by atoms with Crippen LogP contribution in [0.4, 0.5) is 5.82 Å². The fraction of sp³-hybridized carbons (Fsp3) is 0.364. The Bertz CT molecular complexity index is 500. The molecule has 0 atom stereocenters. The molecule has 0 fully saturated rings. The normalized spacial score (nSPS) is 10.5. The molecule has 0 aliphatic rings. The van der Waals surface area contributed by atoms with Gasteiger partial charge in [-0.15, -0.1) is 22.9 Å². The lowest BCUT2D eigenvalue weighted by Crippen LogP contribution is -2.18. The fourth-order valence-electron chi connectivity index (χ4n) is 1.42. The van der Waals surface area contributed by atoms with Crippen molar-refractivity contribution in [1.82, 2.24) is 15.0 Å². The molecule has 0 aromatic carbocycles. The van der Waals surface area contributed by atoms with Gasteiger partial charge in [0.1, 0.15) is 5.82 Å². The number of nitrogens with zero attached hydrogens (tertiary/aromatic N) is 4. The van der Waals surface area contributed by atoms with Crippen molar-refractivity contribution in [2.75, 3.05) is 11.9 Å². The van der Waals surface area contributed by atoms with Gasteiger partial charge in [-0.2, -0.15) is 0 Å². The molecule has 2 aromatic heterocycles. The average Bonchev–Trinajstić information content (AvgIpc) is 2.75. The van der Waals surface area contributed by atoms with Gasteiger partial charge in [0.05, 0.1) is 35.5 Å². The molecule has 2 heterocycles. The molecular formula is C11H13ClN4S. The summed E-state index contributed by atoms with van der Waals surface area (Å²) in [6.07, 6.45) is 3.43. The van der Waals surface area contributed by atoms with Crippen LogP contribution >= 0.6 is 22.9 Å². The quantitative estimate of drug-likeness (QED) is 0.800. The van der Waals surface area contributed by atoms with Crippen LogP contribution in [0.5, 0.6) is 0 Å². The van der Waals surface area contributed by atoms with E-state index in [0.717, 1.165) is 23.8 Å². The third kappa shape index (κ3) is 2.92. The summed E-state index contributed by atoms with van der Waals surface area (Å²) in [5, 5.41) is 0. The van der Waals surface area contributed by atoms with Crippen LogP contribution in [0.2, 0.25) is 0 Å². The van der Waals surface area contributed by atoms with E-state index in [1.165, 1.54) is 4.88 Å². The number of rotatable bonds is 4. The summed E-state index contributed by atoms with van der Waals surface area (Å²) in [6.45, 7) is 2.80. The molecule has 6 heteroatoms. The van der Waals surface area contributed by atoms with E-state index in [2.05, 4.69) is 15.0 Å². The minimum atomic E-state index is 0.383. The van der Waals surface area contributed by atoms with Gasteiger partial charge in [-0.3, -0.25) is 4.98 Å². The molecule has 0 amide bonds. The number of aromatic nitrogens is 3. The summed E-state index contributed by atoms with van der Waals surface area (Å²) in [4.78, 5) is 16.1. The van der Waals surface area contributed by atoms with Crippen LogP contribution in [0.3, 0.4) is 0 Å². The SMILES string of the molecule is Cc1ncsc1CN(C)c1cncc(CCl)n1. The molecule has 4 nitrogen and oxygen atoms in total. The molecule has 0 spiro atoms. The Kier molecular flexibility index (Phi) is 3.91. The summed E-state index contributed by atoms with van der Waals surface area (Å²) >= 11 is 7.40. The second kappa shape index (κ2) is 5.42. The zero-order chi connectivity index (χ0) is 12.3. The first-order valence-electron chi connectivity index (χ1n) is 5.17. The van der Waals surface area contributed by atoms with Gasteiger partial charge in [0.2, 0.25) is 0 Å². The first kappa shape index (κ1) is 12.3. The zero-order valence-electron chi connectivity index (χ0n) is 9.72. The second-order valence-corrected chi connectivity index (χ2v) is 4.93. The Labute approximate surface area is 109 Å². The van der Waals surface area contributed by atoms with E-state index in [9.17, 15) is 0 Å². The van der Waals surface area contributed by atoms with Crippen LogP contribution in [0.15, 0.2) is 17.9 Å². The van der Waals surface area contributed by atoms with Crippen LogP contribution in [-0.4, -0.2) is 22.0 Å². The first-order valence-corrected chi connectivity index (χ1v) is 6.59. The van der Waals surface area contributed by atoms with Crippen molar-refractivity contribution in [1.29, 1.82) is 0 Å². The Morgan fingerprint density at radius 3 is 2.88 bits per heavy atom. The summed E-state index contributed by atoms with van der Waals surface area (Å²) < 4.78 is 0. The van der Waals surface area contributed by atoms with Crippen LogP contribution in [0.25, 0.3) is 0 Å². The molecule has 0 bridgehead atoms. The van der Waals surface area contributed by atoms with Crippen molar-refractivity contribution in [2.45, 2.75) is 19.3 Å². The van der Waals surface area contributed by atoms with Gasteiger partial charge in [0.15, 0.2) is 0 Å². The van der Waals surface area contributed by atoms with E-state index >= 15 is 0 Å². The number of alkyl halides is 1. The van der Waals surface area contributed by atoms with Crippen molar-refractivity contribution in [2.24, 2.45) is 0 Å². The highest BCUT2D eigenvalue weighted by Crippen LogP contribution is 2.17. The lowest BCUT2D eigenvalue weighted by atomic mass is 10.3. The summed E-state index contributed by atoms with van der Waals surface area (Å²) in [5.41, 5.74) is 3.72. The van der Waals surface area contributed by atoms with Crippen LogP contribution in [0.1, 0.15) is 16.3 Å². The lowest BCUT2D eigenvalue weighted by Gasteiger charge is -2.17. The monoisotopic (exact) mass is 268 g/mol. The van der Waals surface area contributed by atoms with Crippen molar-refractivity contribution in [3.05, 3.63) is 34.2 Å². The molecule has 0 aliphatic heterocycles. The Balaban J connectivity index is 2.14. The highest BCUT2D eigenvalue weighted by molar-refractivity contribution is 7.09. The maximum Gasteiger partial charge on any atom is 0.147 e. The number of hydrogen-bond donors (Lipinski definition) is 0. The van der Waals surface area contributed by atoms with Crippen molar-refractivity contribution in [3.8, 4) is 0 Å². The van der Waals surface area contributed by atoms with E-state index in [-0.39, 0.29) is 0 Å². The van der Waals surface area contributed by atoms with Crippen molar-refractivity contribution in [3.63, 3.8) is 0 Å². The van der Waals surface area contributed by atoms with Gasteiger partial charge in [0.25, 0.3) is 0 Å². The van der Waals surface area contributed by atoms with Crippen molar-refractivity contribution < 1.29 is 0 Å². The smallest absolute Gasteiger partial charge is 0.147 e. The fourth-order valence-corrected chi connectivity index (χ4v) is 2.38. The third-order valence-electron chi connectivity index (χ3n) is 2.43. The molecule has 0 saturated heterocycles. The Hall–Kier alpha value is -1.20. The largest absolute Gasteiger partial charge is 0.353 e. The minimum Gasteiger partial charge on any atom is -0.353 e. The molecule has 2 aromatic rings. The summed E-state index contributed by atoms with van der Waals surface area (Å²) in [5.74, 6) is 1.21. The lowest BCUT2D eigenvalue weighted by molar-refractivity contribution is 0.884. The second-order valence-electron chi connectivity index (χ2n) is 3.72. The van der Waals surface area contributed by atoms with Crippen LogP contribution < -0.4 is 4.90 Å². The van der Waals surface area contributed by atoms with Crippen molar-refractivity contribution >= 4 is 28.8 Å². The summed E-state index contributed by atoms with van der Waals surface area (Å²) in [6, 6.07) is 0. The van der Waals surface area contributed by atoms with Crippen LogP contribution in [0, 0.1) is 6.92 Å². The Morgan fingerprint density at radius 1 is 1.41 bits per heavy atom. The first-order chi connectivity index (χ1) is 8.20. The molecule has 90 valence electrons. The third-order valence-corrected chi connectivity index (χ3v) is 3.62. The number of anilines is 1. The number of aryl methyl sites for hydroxylation is 1. The molecule has 0 saturated carbocycles. The van der Waals surface area contributed by atoms with E-state index in [1.54, 1.807) is 23.7 Å². The maximum atomic E-state index is 5.74. The topological polar surface area (TPSA) is 41.9 Å². The van der Waals surface area contributed by atoms with Gasteiger partial charge in [0, 0.05) is 18.1 Å². The predicted octanol–water partition coefficient (Wildman–Crippen LogP) is 2.62. The zero-order valence-corrected chi connectivity index (χ0v) is 11.3. The highest BCUT2D eigenvalue weighted by atomic mass is 35.5. The van der Waals surface area contributed by atoms with E-state index < -0.39 is 0 Å². The van der Waals surface area contributed by atoms with E-state index in [1.807, 2.05) is 24.4 Å². The van der Waals surface area contributed by atoms with Gasteiger partial charge >= 0.3 is 0 Å². The average molecular weight is 269 g/mol. The summed E-state index contributed by atoms with van der Waals surface area (Å²) in [7, 11) is 1.99. The van der Waals surface area contributed by atoms with Crippen LogP contribution in [-0.2, 0) is 12.4 Å². The molecule has 2 rings (SSSR count). The van der Waals surface area contributed by atoms with E-state index in [4.69, 9.17) is 11.6 Å². The predicted molar refractivity (Wildman–Crippen MR) is 70.5 cm³/mol. The van der Waals surface area contributed by atoms with Gasteiger partial charge in [-0.1, -0.05) is 0 Å². The van der Waals surface area contributed by atoms with Gasteiger partial charge in [-0.05, 0) is 6.92 Å². The Morgan fingerprint density at radius 2 is 2.24 bits per heavy atom. The molecule has 0 unspecified atom stereocenters. The number of halogens is 1. The molecule has 0 N–H and O–H groups in total. The van der Waals surface area contributed by atoms with E-state index in [0.29, 0.717) is 5.88 Å². The molecular weight excluding hydrogens is 256 g/mol. The van der Waals surface area contributed by atoms with Gasteiger partial charge in [-0.25, -0.2) is 9.97 Å². The number of hydrogen-bond acceptors (Lipinski definition) is 5.